The number of rotatable bonds is 2. The number of hydrogen-bond acceptors (Lipinski definition) is 4. The van der Waals surface area contributed by atoms with Crippen LogP contribution in [0.25, 0.3) is 32.9 Å². The van der Waals surface area contributed by atoms with E-state index in [9.17, 15) is 10.1 Å². The summed E-state index contributed by atoms with van der Waals surface area (Å²) >= 11 is 0. The zero-order valence-electron chi connectivity index (χ0n) is 12.9. The molecular formula is C19H13N3O2. The second-order valence-corrected chi connectivity index (χ2v) is 5.71. The van der Waals surface area contributed by atoms with E-state index in [4.69, 9.17) is 4.98 Å². The molecule has 2 heterocycles. The van der Waals surface area contributed by atoms with Gasteiger partial charge in [0.25, 0.3) is 5.69 Å². The van der Waals surface area contributed by atoms with Crippen molar-refractivity contribution in [3.05, 3.63) is 76.6 Å². The number of nitro benzene ring substituents is 1. The molecule has 116 valence electrons. The van der Waals surface area contributed by atoms with Crippen molar-refractivity contribution in [2.75, 3.05) is 0 Å². The van der Waals surface area contributed by atoms with Crippen molar-refractivity contribution in [1.82, 2.24) is 9.97 Å². The van der Waals surface area contributed by atoms with Gasteiger partial charge in [0.05, 0.1) is 22.3 Å². The second-order valence-electron chi connectivity index (χ2n) is 5.71. The maximum atomic E-state index is 10.9. The molecule has 24 heavy (non-hydrogen) atoms. The third kappa shape index (κ3) is 2.27. The van der Waals surface area contributed by atoms with Gasteiger partial charge in [0.2, 0.25) is 0 Å². The van der Waals surface area contributed by atoms with Gasteiger partial charge in [-0.05, 0) is 30.5 Å². The molecule has 0 aliphatic heterocycles. The fraction of sp³-hybridized carbons (Fsp3) is 0.0526. The van der Waals surface area contributed by atoms with Crippen LogP contribution in [-0.2, 0) is 0 Å². The Morgan fingerprint density at radius 1 is 0.958 bits per heavy atom. The molecule has 0 radical (unpaired) electrons. The molecular weight excluding hydrogens is 302 g/mol. The highest BCUT2D eigenvalue weighted by Crippen LogP contribution is 2.33. The molecule has 0 N–H and O–H groups in total. The van der Waals surface area contributed by atoms with Gasteiger partial charge in [0.1, 0.15) is 0 Å². The molecule has 5 heteroatoms. The highest BCUT2D eigenvalue weighted by Gasteiger charge is 2.12. The Bertz CT molecular complexity index is 1090. The first-order chi connectivity index (χ1) is 11.6. The third-order valence-corrected chi connectivity index (χ3v) is 4.10. The van der Waals surface area contributed by atoms with E-state index in [1.54, 1.807) is 24.5 Å². The van der Waals surface area contributed by atoms with E-state index in [1.165, 1.54) is 17.7 Å². The van der Waals surface area contributed by atoms with Crippen LogP contribution in [0.4, 0.5) is 5.69 Å². The summed E-state index contributed by atoms with van der Waals surface area (Å²) in [6.07, 6.45) is 3.50. The van der Waals surface area contributed by atoms with E-state index in [-0.39, 0.29) is 5.69 Å². The number of aromatic nitrogens is 2. The van der Waals surface area contributed by atoms with Gasteiger partial charge in [-0.3, -0.25) is 15.1 Å². The van der Waals surface area contributed by atoms with E-state index in [0.29, 0.717) is 0 Å². The van der Waals surface area contributed by atoms with Crippen LogP contribution in [0.3, 0.4) is 0 Å². The van der Waals surface area contributed by atoms with Crippen LogP contribution in [0.1, 0.15) is 5.56 Å². The maximum Gasteiger partial charge on any atom is 0.269 e. The second kappa shape index (κ2) is 5.38. The largest absolute Gasteiger partial charge is 0.269 e. The molecule has 0 bridgehead atoms. The molecule has 0 fully saturated rings. The number of pyridine rings is 2. The van der Waals surface area contributed by atoms with Gasteiger partial charge in [-0.15, -0.1) is 0 Å². The predicted octanol–water partition coefficient (Wildman–Crippen LogP) is 4.67. The van der Waals surface area contributed by atoms with Gasteiger partial charge in [0, 0.05) is 34.7 Å². The van der Waals surface area contributed by atoms with Crippen molar-refractivity contribution in [2.45, 2.75) is 6.92 Å². The van der Waals surface area contributed by atoms with Crippen molar-refractivity contribution in [2.24, 2.45) is 0 Å². The number of hydrogen-bond donors (Lipinski definition) is 0. The molecule has 0 aliphatic rings. The fourth-order valence-corrected chi connectivity index (χ4v) is 2.93. The Kier molecular flexibility index (Phi) is 3.20. The van der Waals surface area contributed by atoms with Gasteiger partial charge in [0.15, 0.2) is 0 Å². The monoisotopic (exact) mass is 315 g/mol. The van der Waals surface area contributed by atoms with E-state index in [1.807, 2.05) is 18.2 Å². The van der Waals surface area contributed by atoms with Crippen LogP contribution in [0, 0.1) is 17.0 Å². The normalized spacial score (nSPS) is 11.0. The summed E-state index contributed by atoms with van der Waals surface area (Å²) in [4.78, 5) is 19.4. The number of benzene rings is 2. The van der Waals surface area contributed by atoms with Crippen molar-refractivity contribution >= 4 is 27.4 Å². The first-order valence-electron chi connectivity index (χ1n) is 7.52. The fourth-order valence-electron chi connectivity index (χ4n) is 2.93. The van der Waals surface area contributed by atoms with Crippen LogP contribution < -0.4 is 0 Å². The van der Waals surface area contributed by atoms with E-state index in [0.717, 1.165) is 32.9 Å². The minimum Gasteiger partial charge on any atom is -0.262 e. The van der Waals surface area contributed by atoms with Crippen LogP contribution in [0.15, 0.2) is 60.9 Å². The SMILES string of the molecule is Cc1ccc2c(-c3ccc([N+](=O)[O-])cc3)nc3cnccc3c2c1. The molecule has 0 spiro atoms. The predicted molar refractivity (Wildman–Crippen MR) is 93.9 cm³/mol. The zero-order chi connectivity index (χ0) is 16.7. The van der Waals surface area contributed by atoms with Crippen molar-refractivity contribution in [3.8, 4) is 11.3 Å². The average molecular weight is 315 g/mol. The molecule has 0 saturated carbocycles. The van der Waals surface area contributed by atoms with Crippen molar-refractivity contribution < 1.29 is 4.92 Å². The van der Waals surface area contributed by atoms with Gasteiger partial charge in [-0.25, -0.2) is 4.98 Å². The van der Waals surface area contributed by atoms with Crippen LogP contribution in [-0.4, -0.2) is 14.9 Å². The Labute approximate surface area is 137 Å². The van der Waals surface area contributed by atoms with Crippen LogP contribution in [0.5, 0.6) is 0 Å². The minimum atomic E-state index is -0.400. The highest BCUT2D eigenvalue weighted by molar-refractivity contribution is 6.10. The Morgan fingerprint density at radius 2 is 1.75 bits per heavy atom. The number of non-ortho nitro benzene ring substituents is 1. The van der Waals surface area contributed by atoms with Crippen LogP contribution in [0.2, 0.25) is 0 Å². The molecule has 0 atom stereocenters. The summed E-state index contributed by atoms with van der Waals surface area (Å²) in [5, 5.41) is 14.0. The number of aryl methyl sites for hydroxylation is 1. The smallest absolute Gasteiger partial charge is 0.262 e. The lowest BCUT2D eigenvalue weighted by Gasteiger charge is -2.10. The molecule has 0 aliphatic carbocycles. The van der Waals surface area contributed by atoms with Gasteiger partial charge < -0.3 is 0 Å². The van der Waals surface area contributed by atoms with Gasteiger partial charge >= 0.3 is 0 Å². The molecule has 0 amide bonds. The van der Waals surface area contributed by atoms with Crippen LogP contribution >= 0.6 is 0 Å². The third-order valence-electron chi connectivity index (χ3n) is 4.10. The highest BCUT2D eigenvalue weighted by atomic mass is 16.6. The standard InChI is InChI=1S/C19H13N3O2/c1-12-2-7-16-17(10-12)15-8-9-20-11-18(15)21-19(16)13-3-5-14(6-4-13)22(23)24/h2-11H,1H3. The molecule has 0 saturated heterocycles. The summed E-state index contributed by atoms with van der Waals surface area (Å²) in [6.45, 7) is 2.05. The first-order valence-corrected chi connectivity index (χ1v) is 7.52. The topological polar surface area (TPSA) is 68.9 Å². The Hall–Kier alpha value is -3.34. The molecule has 4 aromatic rings. The minimum absolute atomic E-state index is 0.0707. The number of nitrogens with zero attached hydrogens (tertiary/aromatic N) is 3. The summed E-state index contributed by atoms with van der Waals surface area (Å²) in [6, 6.07) is 14.7. The Morgan fingerprint density at radius 3 is 2.50 bits per heavy atom. The van der Waals surface area contributed by atoms with Crippen molar-refractivity contribution in [1.29, 1.82) is 0 Å². The maximum absolute atomic E-state index is 10.9. The van der Waals surface area contributed by atoms with E-state index >= 15 is 0 Å². The van der Waals surface area contributed by atoms with E-state index in [2.05, 4.69) is 18.0 Å². The molecule has 0 unspecified atom stereocenters. The summed E-state index contributed by atoms with van der Waals surface area (Å²) in [7, 11) is 0. The summed E-state index contributed by atoms with van der Waals surface area (Å²) in [5.41, 5.74) is 3.70. The molecule has 2 aromatic carbocycles. The average Bonchev–Trinajstić information content (AvgIpc) is 2.61. The summed E-state index contributed by atoms with van der Waals surface area (Å²) < 4.78 is 0. The summed E-state index contributed by atoms with van der Waals surface area (Å²) in [5.74, 6) is 0. The molecule has 5 nitrogen and oxygen atoms in total. The molecule has 2 aromatic heterocycles. The first kappa shape index (κ1) is 14.3. The lowest BCUT2D eigenvalue weighted by atomic mass is 9.99. The quantitative estimate of drug-likeness (QED) is 0.306. The van der Waals surface area contributed by atoms with Gasteiger partial charge in [-0.2, -0.15) is 0 Å². The lowest BCUT2D eigenvalue weighted by Crippen LogP contribution is -1.92. The number of fused-ring (bicyclic) bond motifs is 3. The van der Waals surface area contributed by atoms with Crippen molar-refractivity contribution in [3.63, 3.8) is 0 Å². The zero-order valence-corrected chi connectivity index (χ0v) is 12.9. The van der Waals surface area contributed by atoms with Gasteiger partial charge in [-0.1, -0.05) is 23.8 Å². The Balaban J connectivity index is 2.04. The van der Waals surface area contributed by atoms with E-state index < -0.39 is 4.92 Å². The molecule has 4 rings (SSSR count). The number of nitro groups is 1. The lowest BCUT2D eigenvalue weighted by molar-refractivity contribution is -0.384.